The number of unbranched alkanes of at least 4 members (excludes halogenated alkanes) is 5. The van der Waals surface area contributed by atoms with Gasteiger partial charge in [0.15, 0.2) is 0 Å². The van der Waals surface area contributed by atoms with E-state index < -0.39 is 7.82 Å². The van der Waals surface area contributed by atoms with Crippen molar-refractivity contribution in [2.75, 3.05) is 0 Å². The topological polar surface area (TPSA) is 66.8 Å². The first kappa shape index (κ1) is 20.2. The molecule has 0 bridgehead atoms. The summed E-state index contributed by atoms with van der Waals surface area (Å²) in [6.45, 7) is 2.21. The molecule has 0 aliphatic heterocycles. The fourth-order valence-corrected chi connectivity index (χ4v) is 2.36. The van der Waals surface area contributed by atoms with Crippen LogP contribution in [0.15, 0.2) is 24.3 Å². The van der Waals surface area contributed by atoms with Gasteiger partial charge in [0.25, 0.3) is 0 Å². The van der Waals surface area contributed by atoms with Gasteiger partial charge in [-0.15, -0.1) is 0 Å². The van der Waals surface area contributed by atoms with Crippen molar-refractivity contribution in [3.8, 4) is 5.75 Å². The number of hydrogen-bond acceptors (Lipinski definition) is 2. The standard InChI is InChI=1S/C14H23O4P.Na.H/c1-2-3-4-5-6-7-8-13-9-11-14(12-10-13)18-19(15,16)17;;/h9-12H,2-8H2,1H3,(H2,15,16,17);;. The van der Waals surface area contributed by atoms with E-state index in [1.54, 1.807) is 12.1 Å². The van der Waals surface area contributed by atoms with Crippen molar-refractivity contribution in [2.24, 2.45) is 0 Å². The van der Waals surface area contributed by atoms with Crippen LogP contribution < -0.4 is 4.52 Å². The normalized spacial score (nSPS) is 10.9. The van der Waals surface area contributed by atoms with Crippen LogP contribution in [0.2, 0.25) is 0 Å². The molecule has 1 aromatic rings. The molecule has 0 aromatic heterocycles. The van der Waals surface area contributed by atoms with Gasteiger partial charge in [-0.25, -0.2) is 4.57 Å². The number of phosphoric acid groups is 1. The third-order valence-electron chi connectivity index (χ3n) is 2.97. The number of aryl methyl sites for hydroxylation is 1. The Morgan fingerprint density at radius 1 is 1.00 bits per heavy atom. The molecule has 0 aliphatic carbocycles. The van der Waals surface area contributed by atoms with Crippen LogP contribution in [0, 0.1) is 0 Å². The van der Waals surface area contributed by atoms with E-state index in [0.717, 1.165) is 12.8 Å². The molecule has 0 saturated carbocycles. The Hall–Kier alpha value is 0.170. The van der Waals surface area contributed by atoms with E-state index in [1.165, 1.54) is 37.7 Å². The molecule has 1 aromatic carbocycles. The molecule has 0 unspecified atom stereocenters. The molecule has 4 nitrogen and oxygen atoms in total. The van der Waals surface area contributed by atoms with E-state index in [2.05, 4.69) is 11.4 Å². The molecule has 1 rings (SSSR count). The van der Waals surface area contributed by atoms with E-state index >= 15 is 0 Å². The van der Waals surface area contributed by atoms with Crippen LogP contribution in [-0.2, 0) is 11.0 Å². The summed E-state index contributed by atoms with van der Waals surface area (Å²) < 4.78 is 15.1. The Balaban J connectivity index is 0.00000361. The Morgan fingerprint density at radius 3 is 2.10 bits per heavy atom. The Labute approximate surface area is 143 Å². The molecular weight excluding hydrogens is 286 g/mol. The van der Waals surface area contributed by atoms with Gasteiger partial charge in [0.2, 0.25) is 0 Å². The third kappa shape index (κ3) is 9.98. The maximum absolute atomic E-state index is 10.7. The van der Waals surface area contributed by atoms with Gasteiger partial charge < -0.3 is 4.52 Å². The number of hydrogen-bond donors (Lipinski definition) is 2. The number of benzene rings is 1. The van der Waals surface area contributed by atoms with Crippen molar-refractivity contribution in [1.82, 2.24) is 0 Å². The average Bonchev–Trinajstić information content (AvgIpc) is 2.34. The van der Waals surface area contributed by atoms with Crippen LogP contribution >= 0.6 is 7.82 Å². The van der Waals surface area contributed by atoms with Crippen LogP contribution in [0.5, 0.6) is 5.75 Å². The van der Waals surface area contributed by atoms with Gasteiger partial charge in [-0.1, -0.05) is 51.2 Å². The SMILES string of the molecule is CCCCCCCCc1ccc(OP(=O)(O)O)cc1.[NaH]. The second kappa shape index (κ2) is 10.8. The van der Waals surface area contributed by atoms with Gasteiger partial charge in [0.1, 0.15) is 5.75 Å². The Bertz CT molecular complexity index is 402. The quantitative estimate of drug-likeness (QED) is 0.417. The summed E-state index contributed by atoms with van der Waals surface area (Å²) in [5.74, 6) is 0.208. The second-order valence-electron chi connectivity index (χ2n) is 4.74. The molecule has 0 saturated heterocycles. The van der Waals surface area contributed by atoms with Gasteiger partial charge >= 0.3 is 37.4 Å². The zero-order valence-electron chi connectivity index (χ0n) is 11.4. The van der Waals surface area contributed by atoms with Crippen LogP contribution in [0.25, 0.3) is 0 Å². The molecule has 0 amide bonds. The predicted molar refractivity (Wildman–Crippen MR) is 83.3 cm³/mol. The van der Waals surface area contributed by atoms with Crippen molar-refractivity contribution in [2.45, 2.75) is 51.9 Å². The third-order valence-corrected chi connectivity index (χ3v) is 3.42. The summed E-state index contributed by atoms with van der Waals surface area (Å²) in [6.07, 6.45) is 8.57. The summed E-state index contributed by atoms with van der Waals surface area (Å²) in [6, 6.07) is 6.92. The van der Waals surface area contributed by atoms with Gasteiger partial charge in [-0.3, -0.25) is 9.79 Å². The predicted octanol–water partition coefficient (Wildman–Crippen LogP) is 3.41. The summed E-state index contributed by atoms with van der Waals surface area (Å²) in [4.78, 5) is 17.3. The molecule has 20 heavy (non-hydrogen) atoms. The van der Waals surface area contributed by atoms with Crippen molar-refractivity contribution >= 4 is 37.4 Å². The van der Waals surface area contributed by atoms with Crippen molar-refractivity contribution < 1.29 is 18.9 Å². The van der Waals surface area contributed by atoms with E-state index in [9.17, 15) is 4.57 Å². The van der Waals surface area contributed by atoms with Crippen molar-refractivity contribution in [1.29, 1.82) is 0 Å². The molecule has 0 radical (unpaired) electrons. The van der Waals surface area contributed by atoms with Crippen LogP contribution in [0.3, 0.4) is 0 Å². The molecular formula is C14H24NaO4P. The van der Waals surface area contributed by atoms with Crippen molar-refractivity contribution in [3.63, 3.8) is 0 Å². The van der Waals surface area contributed by atoms with E-state index in [1.807, 2.05) is 12.1 Å². The monoisotopic (exact) mass is 310 g/mol. The zero-order chi connectivity index (χ0) is 14.1. The molecule has 0 atom stereocenters. The molecule has 0 aliphatic rings. The minimum absolute atomic E-state index is 0. The minimum atomic E-state index is -4.44. The van der Waals surface area contributed by atoms with Crippen LogP contribution in [0.1, 0.15) is 51.0 Å². The molecule has 0 fully saturated rings. The fraction of sp³-hybridized carbons (Fsp3) is 0.571. The number of phosphoric ester groups is 1. The van der Waals surface area contributed by atoms with Gasteiger partial charge in [-0.2, -0.15) is 0 Å². The first-order valence-corrected chi connectivity index (χ1v) is 8.38. The first-order valence-electron chi connectivity index (χ1n) is 6.85. The van der Waals surface area contributed by atoms with E-state index in [4.69, 9.17) is 9.79 Å². The van der Waals surface area contributed by atoms with Crippen LogP contribution in [-0.4, -0.2) is 39.3 Å². The van der Waals surface area contributed by atoms with Gasteiger partial charge in [-0.05, 0) is 30.5 Å². The summed E-state index contributed by atoms with van der Waals surface area (Å²) >= 11 is 0. The fourth-order valence-electron chi connectivity index (χ4n) is 1.96. The van der Waals surface area contributed by atoms with Gasteiger partial charge in [0, 0.05) is 0 Å². The molecule has 110 valence electrons. The van der Waals surface area contributed by atoms with Crippen LogP contribution in [0.4, 0.5) is 0 Å². The maximum atomic E-state index is 10.7. The Kier molecular flexibility index (Phi) is 10.9. The average molecular weight is 310 g/mol. The van der Waals surface area contributed by atoms with Gasteiger partial charge in [0.05, 0.1) is 0 Å². The molecule has 6 heteroatoms. The second-order valence-corrected chi connectivity index (χ2v) is 5.91. The summed E-state index contributed by atoms with van der Waals surface area (Å²) in [5.41, 5.74) is 1.17. The van der Waals surface area contributed by atoms with E-state index in [0.29, 0.717) is 0 Å². The number of rotatable bonds is 9. The molecule has 0 spiro atoms. The van der Waals surface area contributed by atoms with E-state index in [-0.39, 0.29) is 35.3 Å². The zero-order valence-corrected chi connectivity index (χ0v) is 12.3. The first-order chi connectivity index (χ1) is 9.01. The van der Waals surface area contributed by atoms with Crippen molar-refractivity contribution in [3.05, 3.63) is 29.8 Å². The molecule has 0 heterocycles. The Morgan fingerprint density at radius 2 is 1.55 bits per heavy atom. The summed E-state index contributed by atoms with van der Waals surface area (Å²) in [7, 11) is -4.44. The summed E-state index contributed by atoms with van der Waals surface area (Å²) in [5, 5.41) is 0. The molecule has 2 N–H and O–H groups in total.